The quantitative estimate of drug-likeness (QED) is 0.850. The molecule has 1 aromatic heterocycles. The molecule has 0 saturated heterocycles. The van der Waals surface area contributed by atoms with Crippen LogP contribution in [0.2, 0.25) is 0 Å². The molecule has 0 fully saturated rings. The molecule has 0 aliphatic rings. The van der Waals surface area contributed by atoms with Gasteiger partial charge < -0.3 is 10.6 Å². The lowest BCUT2D eigenvalue weighted by Crippen LogP contribution is -2.38. The Hall–Kier alpha value is -1.46. The van der Waals surface area contributed by atoms with Crippen molar-refractivity contribution in [1.82, 2.24) is 4.98 Å². The van der Waals surface area contributed by atoms with E-state index in [4.69, 9.17) is 5.73 Å². The lowest BCUT2D eigenvalue weighted by molar-refractivity contribution is -0.137. The molecule has 0 unspecified atom stereocenters. The zero-order valence-corrected chi connectivity index (χ0v) is 13.0. The summed E-state index contributed by atoms with van der Waals surface area (Å²) in [7, 11) is 0. The molecule has 0 atom stereocenters. The van der Waals surface area contributed by atoms with Crippen molar-refractivity contribution < 1.29 is 13.2 Å². The Morgan fingerprint density at radius 2 is 1.76 bits per heavy atom. The number of rotatable bonds is 6. The Bertz CT molecular complexity index is 454. The summed E-state index contributed by atoms with van der Waals surface area (Å²) in [4.78, 5) is 6.06. The van der Waals surface area contributed by atoms with Gasteiger partial charge in [-0.15, -0.1) is 0 Å². The van der Waals surface area contributed by atoms with E-state index in [1.54, 1.807) is 0 Å². The summed E-state index contributed by atoms with van der Waals surface area (Å²) in [5.41, 5.74) is 4.82. The van der Waals surface area contributed by atoms with E-state index in [0.717, 1.165) is 25.0 Å². The number of nitrogens with zero attached hydrogens (tertiary/aromatic N) is 2. The Balaban J connectivity index is 3.26. The molecule has 0 bridgehead atoms. The number of anilines is 2. The summed E-state index contributed by atoms with van der Waals surface area (Å²) in [6, 6.07) is 2.13. The molecule has 0 spiro atoms. The van der Waals surface area contributed by atoms with Gasteiger partial charge in [-0.3, -0.25) is 0 Å². The van der Waals surface area contributed by atoms with Crippen molar-refractivity contribution in [3.8, 4) is 0 Å². The number of nitrogens with two attached hydrogens (primary N) is 1. The molecule has 0 amide bonds. The van der Waals surface area contributed by atoms with Crippen LogP contribution in [0.4, 0.5) is 24.8 Å². The van der Waals surface area contributed by atoms with E-state index >= 15 is 0 Å². The molecular formula is C15H24F3N3. The third-order valence-corrected chi connectivity index (χ3v) is 3.40. The summed E-state index contributed by atoms with van der Waals surface area (Å²) in [5, 5.41) is 0. The molecule has 2 N–H and O–H groups in total. The predicted molar refractivity (Wildman–Crippen MR) is 80.2 cm³/mol. The molecule has 0 radical (unpaired) electrons. The van der Waals surface area contributed by atoms with Crippen molar-refractivity contribution in [2.75, 3.05) is 17.2 Å². The van der Waals surface area contributed by atoms with Crippen LogP contribution in [-0.2, 0) is 6.18 Å². The molecule has 0 aromatic carbocycles. The fourth-order valence-corrected chi connectivity index (χ4v) is 2.40. The summed E-state index contributed by atoms with van der Waals surface area (Å²) in [5.74, 6) is 0.535. The van der Waals surface area contributed by atoms with Crippen LogP contribution in [0.15, 0.2) is 12.1 Å². The Morgan fingerprint density at radius 3 is 2.19 bits per heavy atom. The number of pyridine rings is 1. The van der Waals surface area contributed by atoms with Crippen LogP contribution in [0.3, 0.4) is 0 Å². The third-order valence-electron chi connectivity index (χ3n) is 3.40. The van der Waals surface area contributed by atoms with E-state index < -0.39 is 11.7 Å². The van der Waals surface area contributed by atoms with Gasteiger partial charge in [0.15, 0.2) is 0 Å². The van der Waals surface area contributed by atoms with Crippen LogP contribution in [0.5, 0.6) is 0 Å². The minimum atomic E-state index is -4.41. The molecule has 6 heteroatoms. The first-order valence-corrected chi connectivity index (χ1v) is 7.30. The van der Waals surface area contributed by atoms with Gasteiger partial charge in [0.1, 0.15) is 11.6 Å². The van der Waals surface area contributed by atoms with Crippen LogP contribution in [0, 0.1) is 5.92 Å². The zero-order valence-electron chi connectivity index (χ0n) is 13.0. The monoisotopic (exact) mass is 303 g/mol. The topological polar surface area (TPSA) is 42.1 Å². The lowest BCUT2D eigenvalue weighted by Gasteiger charge is -2.33. The average Bonchev–Trinajstić information content (AvgIpc) is 2.36. The van der Waals surface area contributed by atoms with E-state index in [1.165, 1.54) is 0 Å². The molecule has 3 nitrogen and oxygen atoms in total. The summed E-state index contributed by atoms with van der Waals surface area (Å²) in [6.45, 7) is 8.77. The van der Waals surface area contributed by atoms with Crippen molar-refractivity contribution >= 4 is 11.6 Å². The SMILES string of the molecule is CCC(CC)N(CC(C)C)c1cc(C(F)(F)F)cc(N)n1. The second-order valence-electron chi connectivity index (χ2n) is 5.65. The average molecular weight is 303 g/mol. The Morgan fingerprint density at radius 1 is 1.19 bits per heavy atom. The molecule has 1 heterocycles. The maximum absolute atomic E-state index is 12.9. The Labute approximate surface area is 124 Å². The second-order valence-corrected chi connectivity index (χ2v) is 5.65. The fourth-order valence-electron chi connectivity index (χ4n) is 2.40. The second kappa shape index (κ2) is 7.00. The lowest BCUT2D eigenvalue weighted by atomic mass is 10.1. The number of nitrogen functional groups attached to an aromatic ring is 1. The highest BCUT2D eigenvalue weighted by atomic mass is 19.4. The first-order valence-electron chi connectivity index (χ1n) is 7.30. The highest BCUT2D eigenvalue weighted by Gasteiger charge is 2.32. The molecule has 21 heavy (non-hydrogen) atoms. The first-order chi connectivity index (χ1) is 9.68. The maximum Gasteiger partial charge on any atom is 0.416 e. The van der Waals surface area contributed by atoms with Gasteiger partial charge in [0.25, 0.3) is 0 Å². The van der Waals surface area contributed by atoms with Crippen LogP contribution in [0.25, 0.3) is 0 Å². The van der Waals surface area contributed by atoms with Gasteiger partial charge in [0.2, 0.25) is 0 Å². The van der Waals surface area contributed by atoms with Crippen LogP contribution < -0.4 is 10.6 Å². The molecular weight excluding hydrogens is 279 g/mol. The van der Waals surface area contributed by atoms with Crippen molar-refractivity contribution in [2.24, 2.45) is 5.92 Å². The number of hydrogen-bond acceptors (Lipinski definition) is 3. The number of alkyl halides is 3. The van der Waals surface area contributed by atoms with Crippen LogP contribution >= 0.6 is 0 Å². The highest BCUT2D eigenvalue weighted by molar-refractivity contribution is 5.50. The largest absolute Gasteiger partial charge is 0.416 e. The van der Waals surface area contributed by atoms with Crippen molar-refractivity contribution in [3.05, 3.63) is 17.7 Å². The van der Waals surface area contributed by atoms with Crippen molar-refractivity contribution in [2.45, 2.75) is 52.8 Å². The zero-order chi connectivity index (χ0) is 16.2. The highest BCUT2D eigenvalue weighted by Crippen LogP contribution is 2.33. The van der Waals surface area contributed by atoms with E-state index in [2.05, 4.69) is 4.98 Å². The third kappa shape index (κ3) is 4.79. The minimum Gasteiger partial charge on any atom is -0.384 e. The normalized spacial score (nSPS) is 12.2. The van der Waals surface area contributed by atoms with Gasteiger partial charge >= 0.3 is 6.18 Å². The molecule has 1 aromatic rings. The molecule has 0 aliphatic heterocycles. The van der Waals surface area contributed by atoms with Crippen molar-refractivity contribution in [3.63, 3.8) is 0 Å². The van der Waals surface area contributed by atoms with Gasteiger partial charge in [-0.1, -0.05) is 27.7 Å². The molecule has 0 aliphatic carbocycles. The predicted octanol–water partition coefficient (Wildman–Crippen LogP) is 4.33. The summed E-state index contributed by atoms with van der Waals surface area (Å²) >= 11 is 0. The summed E-state index contributed by atoms with van der Waals surface area (Å²) in [6.07, 6.45) is -2.72. The number of aromatic nitrogens is 1. The van der Waals surface area contributed by atoms with E-state index in [9.17, 15) is 13.2 Å². The van der Waals surface area contributed by atoms with Gasteiger partial charge in [-0.05, 0) is 30.9 Å². The smallest absolute Gasteiger partial charge is 0.384 e. The van der Waals surface area contributed by atoms with E-state index in [-0.39, 0.29) is 11.9 Å². The summed E-state index contributed by atoms with van der Waals surface area (Å²) < 4.78 is 38.8. The standard InChI is InChI=1S/C15H24F3N3/c1-5-12(6-2)21(9-10(3)4)14-8-11(15(16,17)18)7-13(19)20-14/h7-8,10,12H,5-6,9H2,1-4H3,(H2,19,20). The maximum atomic E-state index is 12.9. The fraction of sp³-hybridized carbons (Fsp3) is 0.667. The first kappa shape index (κ1) is 17.6. The van der Waals surface area contributed by atoms with E-state index in [0.29, 0.717) is 18.3 Å². The van der Waals surface area contributed by atoms with Crippen LogP contribution in [-0.4, -0.2) is 17.6 Å². The Kier molecular flexibility index (Phi) is 5.87. The van der Waals surface area contributed by atoms with Crippen LogP contribution in [0.1, 0.15) is 46.1 Å². The molecule has 1 rings (SSSR count). The van der Waals surface area contributed by atoms with E-state index in [1.807, 2.05) is 32.6 Å². The number of hydrogen-bond donors (Lipinski definition) is 1. The number of halogens is 3. The molecule has 0 saturated carbocycles. The van der Waals surface area contributed by atoms with Gasteiger partial charge in [0, 0.05) is 12.6 Å². The minimum absolute atomic E-state index is 0.0977. The van der Waals surface area contributed by atoms with Gasteiger partial charge in [-0.25, -0.2) is 4.98 Å². The van der Waals surface area contributed by atoms with Crippen molar-refractivity contribution in [1.29, 1.82) is 0 Å². The van der Waals surface area contributed by atoms with Gasteiger partial charge in [-0.2, -0.15) is 13.2 Å². The van der Waals surface area contributed by atoms with Gasteiger partial charge in [0.05, 0.1) is 5.56 Å². The molecule has 120 valence electrons.